The minimum atomic E-state index is -0.506. The van der Waals surface area contributed by atoms with Gasteiger partial charge in [-0.05, 0) is 51.6 Å². The van der Waals surface area contributed by atoms with Gasteiger partial charge in [-0.3, -0.25) is 4.79 Å². The van der Waals surface area contributed by atoms with E-state index in [1.165, 1.54) is 0 Å². The number of allylic oxidation sites excluding steroid dienone is 2. The molecule has 1 aromatic rings. The molecular weight excluding hydrogens is 372 g/mol. The highest BCUT2D eigenvalue weighted by Crippen LogP contribution is 2.42. The number of ether oxygens (including phenoxy) is 2. The normalized spacial score (nSPS) is 13.2. The molecule has 0 bridgehead atoms. The highest BCUT2D eigenvalue weighted by molar-refractivity contribution is 5.98. The fraction of sp³-hybridized carbons (Fsp3) is 0.545. The number of hydrogen-bond acceptors (Lipinski definition) is 6. The van der Waals surface area contributed by atoms with Crippen LogP contribution >= 0.6 is 0 Å². The number of phenols is 1. The van der Waals surface area contributed by atoms with Crippen molar-refractivity contribution in [1.29, 1.82) is 0 Å². The van der Waals surface area contributed by atoms with Crippen LogP contribution in [0.4, 0.5) is 0 Å². The number of benzene rings is 1. The van der Waals surface area contributed by atoms with Crippen LogP contribution in [0.2, 0.25) is 0 Å². The van der Waals surface area contributed by atoms with E-state index < -0.39 is 5.97 Å². The van der Waals surface area contributed by atoms with Gasteiger partial charge >= 0.3 is 5.97 Å². The van der Waals surface area contributed by atoms with Crippen LogP contribution < -0.4 is 15.8 Å². The van der Waals surface area contributed by atoms with Crippen molar-refractivity contribution < 1.29 is 24.2 Å². The van der Waals surface area contributed by atoms with E-state index in [2.05, 4.69) is 5.32 Å². The lowest BCUT2D eigenvalue weighted by atomic mass is 9.94. The Labute approximate surface area is 172 Å². The molecule has 1 aromatic carbocycles. The van der Waals surface area contributed by atoms with Crippen molar-refractivity contribution in [2.75, 3.05) is 20.2 Å². The van der Waals surface area contributed by atoms with Gasteiger partial charge in [-0.25, -0.2) is 4.79 Å². The number of carbonyl (C=O) groups is 2. The highest BCUT2D eigenvalue weighted by atomic mass is 16.5. The van der Waals surface area contributed by atoms with Gasteiger partial charge < -0.3 is 25.6 Å². The predicted molar refractivity (Wildman–Crippen MR) is 111 cm³/mol. The quantitative estimate of drug-likeness (QED) is 0.297. The van der Waals surface area contributed by atoms with E-state index in [1.807, 2.05) is 19.9 Å². The predicted octanol–water partition coefficient (Wildman–Crippen LogP) is 2.89. The van der Waals surface area contributed by atoms with Crippen molar-refractivity contribution in [2.24, 2.45) is 5.73 Å². The molecule has 7 nitrogen and oxygen atoms in total. The molecule has 0 saturated carbocycles. The van der Waals surface area contributed by atoms with Crippen molar-refractivity contribution >= 4 is 11.9 Å². The monoisotopic (exact) mass is 404 g/mol. The van der Waals surface area contributed by atoms with E-state index in [9.17, 15) is 14.7 Å². The van der Waals surface area contributed by atoms with Crippen LogP contribution in [0.3, 0.4) is 0 Å². The third kappa shape index (κ3) is 5.73. The average molecular weight is 405 g/mol. The molecule has 1 heterocycles. The summed E-state index contributed by atoms with van der Waals surface area (Å²) in [6.07, 6.45) is 6.35. The standard InChI is InChI=1S/C22H32N2O5/c1-14(8-10-18(25)24-12-6-4-5-11-23)7-9-16-20(26)19-17(13-29-22(19)27)15(2)21(16)28-3/h7,26H,4-6,8-13,23H2,1-3H3,(H,24,25)/b14-7+. The molecule has 29 heavy (non-hydrogen) atoms. The van der Waals surface area contributed by atoms with Crippen LogP contribution in [0.1, 0.15) is 66.1 Å². The molecule has 0 aromatic heterocycles. The number of esters is 1. The van der Waals surface area contributed by atoms with Crippen LogP contribution in [0.15, 0.2) is 11.6 Å². The molecule has 2 rings (SSSR count). The summed E-state index contributed by atoms with van der Waals surface area (Å²) in [5.41, 5.74) is 8.76. The van der Waals surface area contributed by atoms with Gasteiger partial charge in [0.2, 0.25) is 5.91 Å². The summed E-state index contributed by atoms with van der Waals surface area (Å²) in [6.45, 7) is 5.32. The number of rotatable bonds is 11. The van der Waals surface area contributed by atoms with Gasteiger partial charge in [-0.15, -0.1) is 0 Å². The maximum Gasteiger partial charge on any atom is 0.342 e. The number of aromatic hydroxyl groups is 1. The summed E-state index contributed by atoms with van der Waals surface area (Å²) in [5, 5.41) is 13.5. The van der Waals surface area contributed by atoms with Crippen LogP contribution in [0.5, 0.6) is 11.5 Å². The molecule has 0 saturated heterocycles. The van der Waals surface area contributed by atoms with E-state index in [0.29, 0.717) is 49.2 Å². The summed E-state index contributed by atoms with van der Waals surface area (Å²) in [7, 11) is 1.55. The molecule has 1 aliphatic heterocycles. The number of cyclic esters (lactones) is 1. The van der Waals surface area contributed by atoms with Gasteiger partial charge in [0.1, 0.15) is 23.7 Å². The maximum absolute atomic E-state index is 12.0. The molecule has 160 valence electrons. The topological polar surface area (TPSA) is 111 Å². The maximum atomic E-state index is 12.0. The zero-order valence-corrected chi connectivity index (χ0v) is 17.6. The van der Waals surface area contributed by atoms with Crippen LogP contribution in [-0.4, -0.2) is 37.2 Å². The second kappa shape index (κ2) is 10.9. The summed E-state index contributed by atoms with van der Waals surface area (Å²) in [5.74, 6) is 0.0124. The Morgan fingerprint density at radius 3 is 2.76 bits per heavy atom. The molecule has 0 atom stereocenters. The van der Waals surface area contributed by atoms with E-state index in [-0.39, 0.29) is 23.8 Å². The number of unbranched alkanes of at least 4 members (excludes halogenated alkanes) is 2. The molecule has 0 fully saturated rings. The fourth-order valence-electron chi connectivity index (χ4n) is 3.48. The third-order valence-electron chi connectivity index (χ3n) is 5.25. The number of carbonyl (C=O) groups excluding carboxylic acids is 2. The van der Waals surface area contributed by atoms with Crippen LogP contribution in [0.25, 0.3) is 0 Å². The van der Waals surface area contributed by atoms with Crippen molar-refractivity contribution in [2.45, 2.75) is 59.0 Å². The molecule has 0 radical (unpaired) electrons. The molecule has 1 amide bonds. The summed E-state index contributed by atoms with van der Waals surface area (Å²) >= 11 is 0. The Hall–Kier alpha value is -2.54. The first-order valence-electron chi connectivity index (χ1n) is 10.1. The molecular formula is C22H32N2O5. The molecule has 0 aliphatic carbocycles. The molecule has 7 heteroatoms. The van der Waals surface area contributed by atoms with Crippen molar-refractivity contribution in [3.8, 4) is 11.5 Å². The summed E-state index contributed by atoms with van der Waals surface area (Å²) < 4.78 is 10.6. The fourth-order valence-corrected chi connectivity index (χ4v) is 3.48. The largest absolute Gasteiger partial charge is 0.507 e. The van der Waals surface area contributed by atoms with Gasteiger partial charge in [0.15, 0.2) is 0 Å². The van der Waals surface area contributed by atoms with Crippen molar-refractivity contribution in [1.82, 2.24) is 5.32 Å². The smallest absolute Gasteiger partial charge is 0.342 e. The van der Waals surface area contributed by atoms with E-state index >= 15 is 0 Å². The number of hydrogen-bond donors (Lipinski definition) is 3. The van der Waals surface area contributed by atoms with Gasteiger partial charge in [0, 0.05) is 24.1 Å². The second-order valence-electron chi connectivity index (χ2n) is 7.37. The zero-order chi connectivity index (χ0) is 21.4. The Balaban J connectivity index is 1.97. The number of nitrogens with one attached hydrogen (secondary N) is 1. The molecule has 4 N–H and O–H groups in total. The Morgan fingerprint density at radius 2 is 2.07 bits per heavy atom. The van der Waals surface area contributed by atoms with E-state index in [4.69, 9.17) is 15.2 Å². The average Bonchev–Trinajstić information content (AvgIpc) is 3.09. The van der Waals surface area contributed by atoms with Crippen LogP contribution in [0, 0.1) is 6.92 Å². The van der Waals surface area contributed by atoms with Gasteiger partial charge in [0.05, 0.1) is 7.11 Å². The van der Waals surface area contributed by atoms with Gasteiger partial charge in [0.25, 0.3) is 0 Å². The minimum absolute atomic E-state index is 0.0297. The number of fused-ring (bicyclic) bond motifs is 1. The van der Waals surface area contributed by atoms with Gasteiger partial charge in [-0.2, -0.15) is 0 Å². The highest BCUT2D eigenvalue weighted by Gasteiger charge is 2.31. The van der Waals surface area contributed by atoms with E-state index in [0.717, 1.165) is 30.4 Å². The minimum Gasteiger partial charge on any atom is -0.507 e. The lowest BCUT2D eigenvalue weighted by Crippen LogP contribution is -2.24. The summed E-state index contributed by atoms with van der Waals surface area (Å²) in [6, 6.07) is 0. The molecule has 1 aliphatic rings. The first-order chi connectivity index (χ1) is 13.9. The second-order valence-corrected chi connectivity index (χ2v) is 7.37. The number of amides is 1. The SMILES string of the molecule is COc1c(C)c2c(c(O)c1C/C=C(\C)CCC(=O)NCCCCCN)C(=O)OC2. The number of nitrogens with two attached hydrogens (primary N) is 1. The first-order valence-corrected chi connectivity index (χ1v) is 10.1. The molecule has 0 unspecified atom stereocenters. The first kappa shape index (κ1) is 22.7. The Bertz CT molecular complexity index is 786. The number of methoxy groups -OCH3 is 1. The van der Waals surface area contributed by atoms with Crippen molar-refractivity contribution in [3.63, 3.8) is 0 Å². The van der Waals surface area contributed by atoms with E-state index in [1.54, 1.807) is 7.11 Å². The number of phenolic OH excluding ortho intramolecular Hbond substituents is 1. The lowest BCUT2D eigenvalue weighted by molar-refractivity contribution is -0.121. The lowest BCUT2D eigenvalue weighted by Gasteiger charge is -2.15. The Morgan fingerprint density at radius 1 is 1.31 bits per heavy atom. The molecule has 0 spiro atoms. The zero-order valence-electron chi connectivity index (χ0n) is 17.6. The third-order valence-corrected chi connectivity index (χ3v) is 5.25. The van der Waals surface area contributed by atoms with Crippen LogP contribution in [-0.2, 0) is 22.6 Å². The Kier molecular flexibility index (Phi) is 8.51. The summed E-state index contributed by atoms with van der Waals surface area (Å²) in [4.78, 5) is 23.9. The van der Waals surface area contributed by atoms with Crippen molar-refractivity contribution in [3.05, 3.63) is 33.9 Å². The van der Waals surface area contributed by atoms with Gasteiger partial charge in [-0.1, -0.05) is 18.1 Å².